The van der Waals surface area contributed by atoms with Crippen molar-refractivity contribution >= 4 is 0 Å². The molecule has 3 aliphatic rings. The van der Waals surface area contributed by atoms with Crippen molar-refractivity contribution in [3.8, 4) is 0 Å². The van der Waals surface area contributed by atoms with Crippen molar-refractivity contribution in [1.82, 2.24) is 4.90 Å². The number of nitrogens with zero attached hydrogens (tertiary/aromatic N) is 1. The summed E-state index contributed by atoms with van der Waals surface area (Å²) in [6.07, 6.45) is 3.75. The van der Waals surface area contributed by atoms with E-state index in [4.69, 9.17) is 5.73 Å². The summed E-state index contributed by atoms with van der Waals surface area (Å²) in [7, 11) is 0. The van der Waals surface area contributed by atoms with Crippen molar-refractivity contribution in [2.75, 3.05) is 13.1 Å². The summed E-state index contributed by atoms with van der Waals surface area (Å²) in [6.45, 7) is 2.52. The largest absolute Gasteiger partial charge is 0.326 e. The Hall–Kier alpha value is -0.860. The molecule has 2 atom stereocenters. The molecule has 16 heavy (non-hydrogen) atoms. The lowest BCUT2D eigenvalue weighted by Gasteiger charge is -2.49. The van der Waals surface area contributed by atoms with Crippen LogP contribution in [0.15, 0.2) is 30.3 Å². The number of hydrogen-bond donors (Lipinski definition) is 1. The fourth-order valence-electron chi connectivity index (χ4n) is 3.31. The number of nitrogens with two attached hydrogens (primary N) is 1. The Labute approximate surface area is 97.4 Å². The second-order valence-corrected chi connectivity index (χ2v) is 5.21. The zero-order valence-corrected chi connectivity index (χ0v) is 9.68. The van der Waals surface area contributed by atoms with Crippen LogP contribution in [0.1, 0.15) is 18.4 Å². The van der Waals surface area contributed by atoms with Crippen molar-refractivity contribution in [3.63, 3.8) is 0 Å². The standard InChI is InChI=1S/C14H20N2/c15-14-12-6-8-16(9-7-12)13(14)10-11-4-2-1-3-5-11/h1-5,12-14H,6-10,15H2/t13-,14+/m0/s1. The minimum atomic E-state index is 0.391. The van der Waals surface area contributed by atoms with Gasteiger partial charge in [-0.05, 0) is 43.8 Å². The Kier molecular flexibility index (Phi) is 2.70. The molecule has 0 aliphatic carbocycles. The van der Waals surface area contributed by atoms with E-state index in [-0.39, 0.29) is 0 Å². The number of benzene rings is 1. The van der Waals surface area contributed by atoms with Gasteiger partial charge < -0.3 is 5.73 Å². The van der Waals surface area contributed by atoms with E-state index in [1.807, 2.05) is 0 Å². The number of hydrogen-bond acceptors (Lipinski definition) is 2. The van der Waals surface area contributed by atoms with Gasteiger partial charge in [-0.2, -0.15) is 0 Å². The molecule has 86 valence electrons. The van der Waals surface area contributed by atoms with Gasteiger partial charge in [-0.3, -0.25) is 4.90 Å². The molecule has 0 radical (unpaired) electrons. The van der Waals surface area contributed by atoms with E-state index < -0.39 is 0 Å². The molecule has 2 nitrogen and oxygen atoms in total. The summed E-state index contributed by atoms with van der Waals surface area (Å²) in [6, 6.07) is 11.7. The third-order valence-corrected chi connectivity index (χ3v) is 4.32. The van der Waals surface area contributed by atoms with Crippen LogP contribution in [-0.4, -0.2) is 30.1 Å². The van der Waals surface area contributed by atoms with Crippen LogP contribution in [-0.2, 0) is 6.42 Å². The van der Waals surface area contributed by atoms with Gasteiger partial charge in [-0.15, -0.1) is 0 Å². The van der Waals surface area contributed by atoms with Gasteiger partial charge >= 0.3 is 0 Å². The Morgan fingerprint density at radius 3 is 2.44 bits per heavy atom. The highest BCUT2D eigenvalue weighted by Crippen LogP contribution is 2.32. The summed E-state index contributed by atoms with van der Waals surface area (Å²) in [4.78, 5) is 2.59. The second-order valence-electron chi connectivity index (χ2n) is 5.21. The van der Waals surface area contributed by atoms with Crippen molar-refractivity contribution in [3.05, 3.63) is 35.9 Å². The Bertz CT molecular complexity index is 339. The summed E-state index contributed by atoms with van der Waals surface area (Å²) >= 11 is 0. The molecule has 3 aliphatic heterocycles. The molecule has 3 saturated heterocycles. The highest BCUT2D eigenvalue weighted by Gasteiger charge is 2.39. The predicted octanol–water partition coefficient (Wildman–Crippen LogP) is 1.65. The third kappa shape index (κ3) is 1.76. The van der Waals surface area contributed by atoms with Gasteiger partial charge in [0.05, 0.1) is 0 Å². The molecule has 0 amide bonds. The van der Waals surface area contributed by atoms with Crippen LogP contribution in [0.3, 0.4) is 0 Å². The van der Waals surface area contributed by atoms with Crippen LogP contribution < -0.4 is 5.73 Å². The zero-order valence-electron chi connectivity index (χ0n) is 9.68. The lowest BCUT2D eigenvalue weighted by Crippen LogP contribution is -2.61. The number of fused-ring (bicyclic) bond motifs is 3. The summed E-state index contributed by atoms with van der Waals surface area (Å²) in [5.41, 5.74) is 7.80. The molecular formula is C14H20N2. The molecule has 2 bridgehead atoms. The maximum Gasteiger partial charge on any atom is 0.0290 e. The Morgan fingerprint density at radius 1 is 1.12 bits per heavy atom. The van der Waals surface area contributed by atoms with E-state index in [1.54, 1.807) is 0 Å². The van der Waals surface area contributed by atoms with Crippen LogP contribution >= 0.6 is 0 Å². The van der Waals surface area contributed by atoms with E-state index in [9.17, 15) is 0 Å². The summed E-state index contributed by atoms with van der Waals surface area (Å²) in [5, 5.41) is 0. The van der Waals surface area contributed by atoms with E-state index in [2.05, 4.69) is 35.2 Å². The average molecular weight is 216 g/mol. The van der Waals surface area contributed by atoms with Gasteiger partial charge in [0, 0.05) is 12.1 Å². The van der Waals surface area contributed by atoms with Gasteiger partial charge in [0.1, 0.15) is 0 Å². The van der Waals surface area contributed by atoms with E-state index in [0.717, 1.165) is 12.3 Å². The molecule has 0 unspecified atom stereocenters. The smallest absolute Gasteiger partial charge is 0.0290 e. The zero-order chi connectivity index (χ0) is 11.0. The predicted molar refractivity (Wildman–Crippen MR) is 66.2 cm³/mol. The molecule has 3 heterocycles. The van der Waals surface area contributed by atoms with Gasteiger partial charge in [0.2, 0.25) is 0 Å². The van der Waals surface area contributed by atoms with Crippen molar-refractivity contribution in [2.45, 2.75) is 31.3 Å². The summed E-state index contributed by atoms with van der Waals surface area (Å²) in [5.74, 6) is 0.777. The highest BCUT2D eigenvalue weighted by atomic mass is 15.2. The van der Waals surface area contributed by atoms with Crippen LogP contribution in [0.2, 0.25) is 0 Å². The van der Waals surface area contributed by atoms with Gasteiger partial charge in [0.25, 0.3) is 0 Å². The first-order chi connectivity index (χ1) is 7.84. The van der Waals surface area contributed by atoms with Gasteiger partial charge in [0.15, 0.2) is 0 Å². The summed E-state index contributed by atoms with van der Waals surface area (Å²) < 4.78 is 0. The fourth-order valence-corrected chi connectivity index (χ4v) is 3.31. The molecule has 1 aromatic rings. The SMILES string of the molecule is N[C@@H]1C2CCN(CC2)[C@H]1Cc1ccccc1. The van der Waals surface area contributed by atoms with Crippen molar-refractivity contribution in [1.29, 1.82) is 0 Å². The molecule has 2 heteroatoms. The van der Waals surface area contributed by atoms with Gasteiger partial charge in [-0.1, -0.05) is 30.3 Å². The van der Waals surface area contributed by atoms with E-state index in [0.29, 0.717) is 12.1 Å². The maximum absolute atomic E-state index is 6.37. The minimum Gasteiger partial charge on any atom is -0.326 e. The lowest BCUT2D eigenvalue weighted by atomic mass is 9.77. The van der Waals surface area contributed by atoms with Crippen LogP contribution in [0, 0.1) is 5.92 Å². The monoisotopic (exact) mass is 216 g/mol. The maximum atomic E-state index is 6.37. The van der Waals surface area contributed by atoms with Crippen LogP contribution in [0.25, 0.3) is 0 Å². The topological polar surface area (TPSA) is 29.3 Å². The first kappa shape index (κ1) is 10.3. The molecule has 2 N–H and O–H groups in total. The molecule has 3 fully saturated rings. The highest BCUT2D eigenvalue weighted by molar-refractivity contribution is 5.17. The molecule has 0 spiro atoms. The van der Waals surface area contributed by atoms with Crippen LogP contribution in [0.5, 0.6) is 0 Å². The van der Waals surface area contributed by atoms with Crippen molar-refractivity contribution in [2.24, 2.45) is 11.7 Å². The van der Waals surface area contributed by atoms with Gasteiger partial charge in [-0.25, -0.2) is 0 Å². The van der Waals surface area contributed by atoms with E-state index >= 15 is 0 Å². The van der Waals surface area contributed by atoms with E-state index in [1.165, 1.54) is 31.5 Å². The Morgan fingerprint density at radius 2 is 1.81 bits per heavy atom. The first-order valence-electron chi connectivity index (χ1n) is 6.38. The van der Waals surface area contributed by atoms with Crippen LogP contribution in [0.4, 0.5) is 0 Å². The molecule has 0 saturated carbocycles. The lowest BCUT2D eigenvalue weighted by molar-refractivity contribution is 0.0288. The quantitative estimate of drug-likeness (QED) is 0.814. The average Bonchev–Trinajstić information content (AvgIpc) is 2.36. The molecule has 1 aromatic carbocycles. The Balaban J connectivity index is 1.75. The normalized spacial score (nSPS) is 37.6. The minimum absolute atomic E-state index is 0.391. The van der Waals surface area contributed by atoms with Crippen molar-refractivity contribution < 1.29 is 0 Å². The number of rotatable bonds is 2. The molecule has 4 rings (SSSR count). The fraction of sp³-hybridized carbons (Fsp3) is 0.571. The second kappa shape index (κ2) is 4.19. The molecular weight excluding hydrogens is 196 g/mol. The third-order valence-electron chi connectivity index (χ3n) is 4.32. The number of piperidine rings is 3. The first-order valence-corrected chi connectivity index (χ1v) is 6.38. The molecule has 0 aromatic heterocycles.